The molecular formula is C15H12BrF3N4O3S. The van der Waals surface area contributed by atoms with Crippen LogP contribution >= 0.6 is 15.9 Å². The van der Waals surface area contributed by atoms with Gasteiger partial charge < -0.3 is 9.73 Å². The molecular weight excluding hydrogens is 453 g/mol. The van der Waals surface area contributed by atoms with Crippen LogP contribution in [-0.2, 0) is 10.2 Å². The summed E-state index contributed by atoms with van der Waals surface area (Å²) >= 11 is 3.08. The van der Waals surface area contributed by atoms with Crippen molar-refractivity contribution in [3.63, 3.8) is 0 Å². The maximum absolute atomic E-state index is 14.6. The molecule has 0 radical (unpaired) electrons. The van der Waals surface area contributed by atoms with E-state index in [2.05, 4.69) is 31.0 Å². The first-order valence-corrected chi connectivity index (χ1v) is 9.51. The van der Waals surface area contributed by atoms with Gasteiger partial charge in [0.05, 0.1) is 5.69 Å². The fourth-order valence-corrected chi connectivity index (χ4v) is 3.15. The quantitative estimate of drug-likeness (QED) is 0.596. The molecule has 0 saturated carbocycles. The van der Waals surface area contributed by atoms with Crippen LogP contribution in [0.2, 0.25) is 0 Å². The minimum absolute atomic E-state index is 0.208. The Morgan fingerprint density at radius 2 is 1.85 bits per heavy atom. The number of fused-ring (bicyclic) bond motifs is 1. The molecule has 1 heterocycles. The summed E-state index contributed by atoms with van der Waals surface area (Å²) < 4.78 is 75.9. The minimum atomic E-state index is -4.12. The molecule has 0 fully saturated rings. The summed E-state index contributed by atoms with van der Waals surface area (Å²) in [5.74, 6) is -3.59. The monoisotopic (exact) mass is 464 g/mol. The highest BCUT2D eigenvalue weighted by Crippen LogP contribution is 2.39. The maximum atomic E-state index is 14.6. The van der Waals surface area contributed by atoms with Crippen LogP contribution in [0.3, 0.4) is 0 Å². The standard InChI is InChI=1S/C15H12BrF3N4O3S/c1-23(2)27(24,25)22-14-12(21-9-4-3-7(16)5-8(9)17)10(18)11(19)13-15(14)26-6-20-13/h3-6,21-22H,1-2H3. The third kappa shape index (κ3) is 3.59. The Hall–Kier alpha value is -2.31. The highest BCUT2D eigenvalue weighted by atomic mass is 79.9. The number of benzene rings is 2. The fraction of sp³-hybridized carbons (Fsp3) is 0.133. The Bertz CT molecular complexity index is 1140. The zero-order chi connectivity index (χ0) is 19.9. The molecule has 0 unspecified atom stereocenters. The van der Waals surface area contributed by atoms with Crippen molar-refractivity contribution >= 4 is 54.3 Å². The van der Waals surface area contributed by atoms with Gasteiger partial charge in [-0.2, -0.15) is 12.7 Å². The van der Waals surface area contributed by atoms with Gasteiger partial charge in [-0.25, -0.2) is 18.2 Å². The van der Waals surface area contributed by atoms with Crippen molar-refractivity contribution in [1.29, 1.82) is 0 Å². The van der Waals surface area contributed by atoms with E-state index in [1.54, 1.807) is 0 Å². The lowest BCUT2D eigenvalue weighted by atomic mass is 10.2. The van der Waals surface area contributed by atoms with E-state index in [0.717, 1.165) is 16.8 Å². The van der Waals surface area contributed by atoms with Gasteiger partial charge in [-0.1, -0.05) is 15.9 Å². The van der Waals surface area contributed by atoms with Gasteiger partial charge in [0.1, 0.15) is 17.2 Å². The van der Waals surface area contributed by atoms with E-state index in [4.69, 9.17) is 4.42 Å². The number of hydrogen-bond acceptors (Lipinski definition) is 5. The topological polar surface area (TPSA) is 87.5 Å². The van der Waals surface area contributed by atoms with E-state index in [-0.39, 0.29) is 11.3 Å². The lowest BCUT2D eigenvalue weighted by Crippen LogP contribution is -2.29. The number of oxazole rings is 1. The third-order valence-corrected chi connectivity index (χ3v) is 5.48. The van der Waals surface area contributed by atoms with Gasteiger partial charge in [0.2, 0.25) is 0 Å². The normalized spacial score (nSPS) is 12.0. The summed E-state index contributed by atoms with van der Waals surface area (Å²) in [5, 5.41) is 2.38. The predicted molar refractivity (Wildman–Crippen MR) is 97.5 cm³/mol. The average molecular weight is 465 g/mol. The van der Waals surface area contributed by atoms with Crippen LogP contribution in [-0.4, -0.2) is 31.8 Å². The van der Waals surface area contributed by atoms with Crippen LogP contribution in [0.25, 0.3) is 11.1 Å². The zero-order valence-corrected chi connectivity index (χ0v) is 16.3. The van der Waals surface area contributed by atoms with Crippen LogP contribution in [0.4, 0.5) is 30.2 Å². The van der Waals surface area contributed by atoms with E-state index in [0.29, 0.717) is 4.47 Å². The summed E-state index contributed by atoms with van der Waals surface area (Å²) in [5.41, 5.74) is -2.16. The van der Waals surface area contributed by atoms with Gasteiger partial charge in [-0.05, 0) is 18.2 Å². The Labute approximate surface area is 160 Å². The summed E-state index contributed by atoms with van der Waals surface area (Å²) in [7, 11) is -1.64. The van der Waals surface area contributed by atoms with Crippen molar-refractivity contribution in [1.82, 2.24) is 9.29 Å². The Kier molecular flexibility index (Phi) is 5.06. The maximum Gasteiger partial charge on any atom is 0.301 e. The fourth-order valence-electron chi connectivity index (χ4n) is 2.18. The molecule has 0 spiro atoms. The van der Waals surface area contributed by atoms with Crippen LogP contribution in [0.1, 0.15) is 0 Å². The van der Waals surface area contributed by atoms with E-state index >= 15 is 0 Å². The van der Waals surface area contributed by atoms with Crippen molar-refractivity contribution in [3.8, 4) is 0 Å². The van der Waals surface area contributed by atoms with Gasteiger partial charge in [-0.3, -0.25) is 4.72 Å². The number of rotatable bonds is 5. The van der Waals surface area contributed by atoms with Gasteiger partial charge in [0.25, 0.3) is 0 Å². The second-order valence-corrected chi connectivity index (χ2v) is 8.35. The van der Waals surface area contributed by atoms with Gasteiger partial charge in [0, 0.05) is 18.6 Å². The smallest absolute Gasteiger partial charge is 0.301 e. The summed E-state index contributed by atoms with van der Waals surface area (Å²) in [4.78, 5) is 3.55. The summed E-state index contributed by atoms with van der Waals surface area (Å²) in [6.45, 7) is 0. The minimum Gasteiger partial charge on any atom is -0.441 e. The van der Waals surface area contributed by atoms with Gasteiger partial charge in [0.15, 0.2) is 29.1 Å². The number of nitrogens with one attached hydrogen (secondary N) is 2. The molecule has 3 rings (SSSR count). The molecule has 0 aliphatic heterocycles. The van der Waals surface area contributed by atoms with E-state index < -0.39 is 44.6 Å². The van der Waals surface area contributed by atoms with Gasteiger partial charge >= 0.3 is 10.2 Å². The molecule has 0 amide bonds. The van der Waals surface area contributed by atoms with E-state index in [1.807, 2.05) is 0 Å². The van der Waals surface area contributed by atoms with E-state index in [1.165, 1.54) is 26.2 Å². The first kappa shape index (κ1) is 19.5. The van der Waals surface area contributed by atoms with Gasteiger partial charge in [-0.15, -0.1) is 0 Å². The number of anilines is 3. The van der Waals surface area contributed by atoms with Crippen molar-refractivity contribution in [2.45, 2.75) is 0 Å². The highest BCUT2D eigenvalue weighted by Gasteiger charge is 2.27. The number of nitrogens with zero attached hydrogens (tertiary/aromatic N) is 2. The molecule has 1 aromatic heterocycles. The predicted octanol–water partition coefficient (Wildman–Crippen LogP) is 3.97. The molecule has 0 saturated heterocycles. The molecule has 7 nitrogen and oxygen atoms in total. The van der Waals surface area contributed by atoms with Crippen molar-refractivity contribution in [3.05, 3.63) is 46.5 Å². The first-order chi connectivity index (χ1) is 12.6. The highest BCUT2D eigenvalue weighted by molar-refractivity contribution is 9.10. The second-order valence-electron chi connectivity index (χ2n) is 5.55. The number of aromatic nitrogens is 1. The molecule has 0 aliphatic carbocycles. The Morgan fingerprint density at radius 1 is 1.15 bits per heavy atom. The van der Waals surface area contributed by atoms with Crippen molar-refractivity contribution in [2.75, 3.05) is 24.1 Å². The molecule has 0 aliphatic rings. The second kappa shape index (κ2) is 7.02. The SMILES string of the molecule is CN(C)S(=O)(=O)Nc1c(Nc2ccc(Br)cc2F)c(F)c(F)c2ncoc12. The lowest BCUT2D eigenvalue weighted by molar-refractivity contribution is 0.517. The van der Waals surface area contributed by atoms with Crippen LogP contribution in [0, 0.1) is 17.5 Å². The molecule has 27 heavy (non-hydrogen) atoms. The van der Waals surface area contributed by atoms with Crippen LogP contribution in [0.15, 0.2) is 33.5 Å². The Balaban J connectivity index is 2.23. The average Bonchev–Trinajstić information content (AvgIpc) is 3.07. The van der Waals surface area contributed by atoms with Crippen molar-refractivity contribution in [2.24, 2.45) is 0 Å². The number of hydrogen-bond donors (Lipinski definition) is 2. The number of halogens is 4. The first-order valence-electron chi connectivity index (χ1n) is 7.28. The molecule has 2 aromatic carbocycles. The third-order valence-electron chi connectivity index (χ3n) is 3.57. The van der Waals surface area contributed by atoms with Crippen LogP contribution < -0.4 is 10.0 Å². The van der Waals surface area contributed by atoms with Crippen molar-refractivity contribution < 1.29 is 26.0 Å². The summed E-state index contributed by atoms with van der Waals surface area (Å²) in [6, 6.07) is 3.84. The zero-order valence-electron chi connectivity index (χ0n) is 13.8. The molecule has 0 bridgehead atoms. The molecule has 2 N–H and O–H groups in total. The Morgan fingerprint density at radius 3 is 2.48 bits per heavy atom. The molecule has 3 aromatic rings. The molecule has 144 valence electrons. The largest absolute Gasteiger partial charge is 0.441 e. The van der Waals surface area contributed by atoms with E-state index in [9.17, 15) is 21.6 Å². The molecule has 0 atom stereocenters. The molecule has 12 heteroatoms. The summed E-state index contributed by atoms with van der Waals surface area (Å²) in [6.07, 6.45) is 0.838. The lowest BCUT2D eigenvalue weighted by Gasteiger charge is -2.18. The van der Waals surface area contributed by atoms with Crippen LogP contribution in [0.5, 0.6) is 0 Å².